The molecule has 0 aromatic carbocycles. The molecule has 0 bridgehead atoms. The van der Waals surface area contributed by atoms with Gasteiger partial charge in [0.25, 0.3) is 0 Å². The average molecular weight is 283 g/mol. The molecule has 0 N–H and O–H groups in total. The third-order valence-electron chi connectivity index (χ3n) is 2.70. The van der Waals surface area contributed by atoms with Crippen molar-refractivity contribution in [2.45, 2.75) is 27.3 Å². The summed E-state index contributed by atoms with van der Waals surface area (Å²) in [6.45, 7) is 6.83. The SMILES string of the molecule is Cc1cc(Cn2nc(C)c(Br)c2C)n(C)n1. The fraction of sp³-hybridized carbons (Fsp3) is 0.455. The van der Waals surface area contributed by atoms with Crippen molar-refractivity contribution in [1.82, 2.24) is 19.6 Å². The van der Waals surface area contributed by atoms with E-state index >= 15 is 0 Å². The predicted molar refractivity (Wildman–Crippen MR) is 66.4 cm³/mol. The van der Waals surface area contributed by atoms with Crippen molar-refractivity contribution in [3.05, 3.63) is 33.3 Å². The maximum atomic E-state index is 4.48. The van der Waals surface area contributed by atoms with Gasteiger partial charge in [-0.05, 0) is 42.8 Å². The minimum Gasteiger partial charge on any atom is -0.270 e. The standard InChI is InChI=1S/C11H15BrN4/c1-7-5-10(15(4)13-7)6-16-9(3)11(12)8(2)14-16/h5H,6H2,1-4H3. The van der Waals surface area contributed by atoms with Crippen LogP contribution < -0.4 is 0 Å². The van der Waals surface area contributed by atoms with Crippen LogP contribution in [-0.4, -0.2) is 19.6 Å². The second kappa shape index (κ2) is 4.05. The molecule has 0 atom stereocenters. The molecule has 0 saturated carbocycles. The molecule has 2 heterocycles. The summed E-state index contributed by atoms with van der Waals surface area (Å²) in [5.41, 5.74) is 4.38. The van der Waals surface area contributed by atoms with Crippen LogP contribution in [0, 0.1) is 20.8 Å². The fourth-order valence-corrected chi connectivity index (χ4v) is 2.08. The van der Waals surface area contributed by atoms with E-state index in [2.05, 4.69) is 39.1 Å². The summed E-state index contributed by atoms with van der Waals surface area (Å²) in [7, 11) is 1.96. The Morgan fingerprint density at radius 3 is 2.38 bits per heavy atom. The minimum atomic E-state index is 0.760. The van der Waals surface area contributed by atoms with E-state index in [-0.39, 0.29) is 0 Å². The van der Waals surface area contributed by atoms with Crippen LogP contribution in [0.4, 0.5) is 0 Å². The Kier molecular flexibility index (Phi) is 2.88. The minimum absolute atomic E-state index is 0.760. The lowest BCUT2D eigenvalue weighted by atomic mass is 10.3. The molecule has 0 spiro atoms. The highest BCUT2D eigenvalue weighted by molar-refractivity contribution is 9.10. The molecule has 0 aliphatic carbocycles. The molecule has 0 fully saturated rings. The Hall–Kier alpha value is -1.10. The maximum Gasteiger partial charge on any atom is 0.0831 e. The second-order valence-electron chi connectivity index (χ2n) is 4.04. The molecule has 2 aromatic rings. The Morgan fingerprint density at radius 2 is 1.94 bits per heavy atom. The van der Waals surface area contributed by atoms with Gasteiger partial charge in [-0.1, -0.05) is 0 Å². The molecule has 2 rings (SSSR count). The summed E-state index contributed by atoms with van der Waals surface area (Å²) in [6.07, 6.45) is 0. The Labute approximate surface area is 103 Å². The van der Waals surface area contributed by atoms with Crippen molar-refractivity contribution < 1.29 is 0 Å². The summed E-state index contributed by atoms with van der Waals surface area (Å²) in [6, 6.07) is 2.09. The number of hydrogen-bond acceptors (Lipinski definition) is 2. The van der Waals surface area contributed by atoms with Crippen LogP contribution >= 0.6 is 15.9 Å². The Balaban J connectivity index is 2.34. The lowest BCUT2D eigenvalue weighted by Crippen LogP contribution is -2.08. The van der Waals surface area contributed by atoms with E-state index in [1.807, 2.05) is 30.3 Å². The monoisotopic (exact) mass is 282 g/mol. The van der Waals surface area contributed by atoms with Crippen LogP contribution in [0.2, 0.25) is 0 Å². The summed E-state index contributed by atoms with van der Waals surface area (Å²) < 4.78 is 4.99. The van der Waals surface area contributed by atoms with Gasteiger partial charge in [0.1, 0.15) is 0 Å². The third kappa shape index (κ3) is 1.91. The summed E-state index contributed by atoms with van der Waals surface area (Å²) in [5, 5.41) is 8.81. The van der Waals surface area contributed by atoms with E-state index in [9.17, 15) is 0 Å². The van der Waals surface area contributed by atoms with Crippen LogP contribution in [0.3, 0.4) is 0 Å². The molecule has 0 aliphatic heterocycles. The molecule has 2 aromatic heterocycles. The van der Waals surface area contributed by atoms with Crippen LogP contribution in [-0.2, 0) is 13.6 Å². The molecule has 0 amide bonds. The maximum absolute atomic E-state index is 4.48. The number of aromatic nitrogens is 4. The van der Waals surface area contributed by atoms with Gasteiger partial charge in [0.2, 0.25) is 0 Å². The zero-order valence-electron chi connectivity index (χ0n) is 9.95. The first-order valence-corrected chi connectivity index (χ1v) is 5.97. The van der Waals surface area contributed by atoms with Crippen molar-refractivity contribution in [1.29, 1.82) is 0 Å². The highest BCUT2D eigenvalue weighted by Crippen LogP contribution is 2.20. The van der Waals surface area contributed by atoms with E-state index < -0.39 is 0 Å². The molecule has 86 valence electrons. The van der Waals surface area contributed by atoms with Gasteiger partial charge in [0.15, 0.2) is 0 Å². The lowest BCUT2D eigenvalue weighted by molar-refractivity contribution is 0.603. The van der Waals surface area contributed by atoms with Gasteiger partial charge in [-0.3, -0.25) is 9.36 Å². The smallest absolute Gasteiger partial charge is 0.0831 e. The van der Waals surface area contributed by atoms with E-state index in [1.54, 1.807) is 0 Å². The molecule has 0 unspecified atom stereocenters. The quantitative estimate of drug-likeness (QED) is 0.848. The summed E-state index contributed by atoms with van der Waals surface area (Å²) >= 11 is 3.53. The van der Waals surface area contributed by atoms with Gasteiger partial charge in [-0.25, -0.2) is 0 Å². The second-order valence-corrected chi connectivity index (χ2v) is 4.84. The molecule has 4 nitrogen and oxygen atoms in total. The van der Waals surface area contributed by atoms with Crippen molar-refractivity contribution in [3.63, 3.8) is 0 Å². The number of hydrogen-bond donors (Lipinski definition) is 0. The van der Waals surface area contributed by atoms with Crippen LogP contribution in [0.5, 0.6) is 0 Å². The van der Waals surface area contributed by atoms with Crippen LogP contribution in [0.1, 0.15) is 22.8 Å². The van der Waals surface area contributed by atoms with E-state index in [1.165, 1.54) is 0 Å². The first-order chi connectivity index (χ1) is 7.49. The first-order valence-electron chi connectivity index (χ1n) is 5.18. The highest BCUT2D eigenvalue weighted by atomic mass is 79.9. The van der Waals surface area contributed by atoms with Gasteiger partial charge >= 0.3 is 0 Å². The Bertz CT molecular complexity index is 524. The molecule has 0 radical (unpaired) electrons. The van der Waals surface area contributed by atoms with Gasteiger partial charge in [-0.15, -0.1) is 0 Å². The van der Waals surface area contributed by atoms with E-state index in [0.29, 0.717) is 0 Å². The molecule has 0 saturated heterocycles. The summed E-state index contributed by atoms with van der Waals surface area (Å²) in [4.78, 5) is 0. The van der Waals surface area contributed by atoms with Crippen LogP contribution in [0.25, 0.3) is 0 Å². The molecule has 16 heavy (non-hydrogen) atoms. The number of aryl methyl sites for hydroxylation is 3. The molecule has 5 heteroatoms. The zero-order chi connectivity index (χ0) is 11.9. The largest absolute Gasteiger partial charge is 0.270 e. The van der Waals surface area contributed by atoms with Gasteiger partial charge in [0, 0.05) is 7.05 Å². The van der Waals surface area contributed by atoms with Gasteiger partial charge < -0.3 is 0 Å². The summed E-state index contributed by atoms with van der Waals surface area (Å²) in [5.74, 6) is 0. The number of halogens is 1. The third-order valence-corrected chi connectivity index (χ3v) is 3.85. The zero-order valence-corrected chi connectivity index (χ0v) is 11.5. The highest BCUT2D eigenvalue weighted by Gasteiger charge is 2.10. The normalized spacial score (nSPS) is 11.1. The van der Waals surface area contributed by atoms with Crippen molar-refractivity contribution in [3.8, 4) is 0 Å². The predicted octanol–water partition coefficient (Wildman–Crippen LogP) is 2.35. The Morgan fingerprint density at radius 1 is 1.25 bits per heavy atom. The first kappa shape index (κ1) is 11.4. The number of nitrogens with zero attached hydrogens (tertiary/aromatic N) is 4. The fourth-order valence-electron chi connectivity index (χ4n) is 1.79. The van der Waals surface area contributed by atoms with Crippen molar-refractivity contribution in [2.24, 2.45) is 7.05 Å². The van der Waals surface area contributed by atoms with Crippen LogP contribution in [0.15, 0.2) is 10.5 Å². The lowest BCUT2D eigenvalue weighted by Gasteiger charge is -2.04. The average Bonchev–Trinajstić information content (AvgIpc) is 2.64. The molecular weight excluding hydrogens is 268 g/mol. The van der Waals surface area contributed by atoms with Gasteiger partial charge in [-0.2, -0.15) is 10.2 Å². The topological polar surface area (TPSA) is 35.6 Å². The van der Waals surface area contributed by atoms with Crippen molar-refractivity contribution >= 4 is 15.9 Å². The molecular formula is C11H15BrN4. The van der Waals surface area contributed by atoms with E-state index in [0.717, 1.165) is 33.8 Å². The number of rotatable bonds is 2. The van der Waals surface area contributed by atoms with Gasteiger partial charge in [0.05, 0.1) is 33.8 Å². The van der Waals surface area contributed by atoms with Crippen molar-refractivity contribution in [2.75, 3.05) is 0 Å². The molecule has 0 aliphatic rings. The van der Waals surface area contributed by atoms with E-state index in [4.69, 9.17) is 0 Å².